The van der Waals surface area contributed by atoms with E-state index in [0.29, 0.717) is 25.5 Å². The van der Waals surface area contributed by atoms with Gasteiger partial charge in [0.15, 0.2) is 0 Å². The molecule has 1 amide bonds. The molecule has 1 aliphatic rings. The van der Waals surface area contributed by atoms with Gasteiger partial charge in [0.1, 0.15) is 5.75 Å². The highest BCUT2D eigenvalue weighted by atomic mass is 16.5. The molecular formula is C16H21NO2. The molecule has 19 heavy (non-hydrogen) atoms. The number of ether oxygens (including phenoxy) is 1. The van der Waals surface area contributed by atoms with E-state index in [1.165, 1.54) is 0 Å². The summed E-state index contributed by atoms with van der Waals surface area (Å²) >= 11 is 0. The van der Waals surface area contributed by atoms with E-state index in [9.17, 15) is 4.79 Å². The van der Waals surface area contributed by atoms with E-state index >= 15 is 0 Å². The van der Waals surface area contributed by atoms with Gasteiger partial charge >= 0.3 is 0 Å². The lowest BCUT2D eigenvalue weighted by atomic mass is 10.1. The number of carbonyl (C=O) groups excluding carboxylic acids is 1. The molecule has 0 aromatic heterocycles. The molecule has 0 heterocycles. The summed E-state index contributed by atoms with van der Waals surface area (Å²) in [6.45, 7) is 3.18. The predicted octanol–water partition coefficient (Wildman–Crippen LogP) is 3.06. The van der Waals surface area contributed by atoms with Gasteiger partial charge in [-0.25, -0.2) is 0 Å². The Morgan fingerprint density at radius 1 is 1.47 bits per heavy atom. The van der Waals surface area contributed by atoms with Gasteiger partial charge in [-0.05, 0) is 43.4 Å². The molecule has 1 aliphatic carbocycles. The van der Waals surface area contributed by atoms with Crippen LogP contribution in [0.3, 0.4) is 0 Å². The van der Waals surface area contributed by atoms with E-state index < -0.39 is 0 Å². The molecule has 3 nitrogen and oxygen atoms in total. The molecule has 1 atom stereocenters. The third-order valence-electron chi connectivity index (χ3n) is 3.26. The van der Waals surface area contributed by atoms with Gasteiger partial charge in [0.05, 0.1) is 6.61 Å². The Hall–Kier alpha value is -1.77. The molecular weight excluding hydrogens is 238 g/mol. The second kappa shape index (κ2) is 6.98. The zero-order valence-electron chi connectivity index (χ0n) is 11.4. The number of nitrogens with one attached hydrogen (secondary N) is 1. The van der Waals surface area contributed by atoms with Crippen LogP contribution in [0.4, 0.5) is 0 Å². The fraction of sp³-hybridized carbons (Fsp3) is 0.438. The quantitative estimate of drug-likeness (QED) is 0.797. The van der Waals surface area contributed by atoms with Crippen molar-refractivity contribution >= 4 is 5.91 Å². The van der Waals surface area contributed by atoms with Crippen LogP contribution in [0.1, 0.15) is 31.7 Å². The normalized spacial score (nSPS) is 17.4. The maximum Gasteiger partial charge on any atom is 0.220 e. The summed E-state index contributed by atoms with van der Waals surface area (Å²) in [4.78, 5) is 11.8. The Morgan fingerprint density at radius 3 is 3.11 bits per heavy atom. The first kappa shape index (κ1) is 13.7. The maximum atomic E-state index is 11.8. The number of hydrogen-bond acceptors (Lipinski definition) is 2. The topological polar surface area (TPSA) is 38.3 Å². The van der Waals surface area contributed by atoms with E-state index in [0.717, 1.165) is 24.2 Å². The molecule has 0 aliphatic heterocycles. The van der Waals surface area contributed by atoms with E-state index in [2.05, 4.69) is 17.5 Å². The molecule has 1 aromatic rings. The highest BCUT2D eigenvalue weighted by Gasteiger charge is 2.13. The van der Waals surface area contributed by atoms with Gasteiger partial charge in [-0.15, -0.1) is 0 Å². The minimum Gasteiger partial charge on any atom is -0.494 e. The van der Waals surface area contributed by atoms with Gasteiger partial charge in [-0.1, -0.05) is 24.3 Å². The maximum absolute atomic E-state index is 11.8. The summed E-state index contributed by atoms with van der Waals surface area (Å²) in [5.74, 6) is 1.40. The van der Waals surface area contributed by atoms with E-state index in [1.54, 1.807) is 0 Å². The molecule has 0 fully saturated rings. The molecule has 1 aromatic carbocycles. The number of amides is 1. The first-order chi connectivity index (χ1) is 9.28. The zero-order valence-corrected chi connectivity index (χ0v) is 11.4. The van der Waals surface area contributed by atoms with Gasteiger partial charge < -0.3 is 10.1 Å². The molecule has 2 rings (SSSR count). The second-order valence-corrected chi connectivity index (χ2v) is 4.83. The first-order valence-electron chi connectivity index (χ1n) is 6.93. The van der Waals surface area contributed by atoms with Crippen molar-refractivity contribution in [1.29, 1.82) is 0 Å². The Kier molecular flexibility index (Phi) is 5.01. The van der Waals surface area contributed by atoms with Crippen molar-refractivity contribution in [3.05, 3.63) is 42.0 Å². The minimum absolute atomic E-state index is 0.123. The summed E-state index contributed by atoms with van der Waals surface area (Å²) in [6.07, 6.45) is 7.11. The second-order valence-electron chi connectivity index (χ2n) is 4.83. The standard InChI is InChI=1S/C16H21NO2/c1-2-19-15-9-5-8-14(10-15)12-17-16(18)11-13-6-3-4-7-13/h3,5-6,8-10,13H,2,4,7,11-12H2,1H3,(H,17,18)/t13-/m0/s1. The van der Waals surface area contributed by atoms with Crippen LogP contribution in [-0.2, 0) is 11.3 Å². The van der Waals surface area contributed by atoms with E-state index in [1.807, 2.05) is 31.2 Å². The number of benzene rings is 1. The molecule has 0 radical (unpaired) electrons. The summed E-state index contributed by atoms with van der Waals surface area (Å²) in [5.41, 5.74) is 1.07. The lowest BCUT2D eigenvalue weighted by molar-refractivity contribution is -0.121. The van der Waals surface area contributed by atoms with E-state index in [4.69, 9.17) is 4.74 Å². The SMILES string of the molecule is CCOc1cccc(CNC(=O)C[C@H]2C=CCC2)c1. The van der Waals surface area contributed by atoms with Crippen molar-refractivity contribution in [3.8, 4) is 5.75 Å². The average Bonchev–Trinajstić information content (AvgIpc) is 2.90. The van der Waals surface area contributed by atoms with Crippen molar-refractivity contribution in [2.45, 2.75) is 32.7 Å². The Morgan fingerprint density at radius 2 is 2.37 bits per heavy atom. The van der Waals surface area contributed by atoms with Gasteiger partial charge in [0, 0.05) is 13.0 Å². The van der Waals surface area contributed by atoms with Crippen LogP contribution in [0.5, 0.6) is 5.75 Å². The summed E-state index contributed by atoms with van der Waals surface area (Å²) in [7, 11) is 0. The fourth-order valence-electron chi connectivity index (χ4n) is 2.29. The van der Waals surface area contributed by atoms with Crippen LogP contribution in [0.25, 0.3) is 0 Å². The molecule has 0 saturated carbocycles. The van der Waals surface area contributed by atoms with Crippen molar-refractivity contribution in [3.63, 3.8) is 0 Å². The molecule has 0 spiro atoms. The Bertz CT molecular complexity index is 454. The first-order valence-corrected chi connectivity index (χ1v) is 6.93. The van der Waals surface area contributed by atoms with Crippen molar-refractivity contribution < 1.29 is 9.53 Å². The minimum atomic E-state index is 0.123. The molecule has 0 unspecified atom stereocenters. The van der Waals surface area contributed by atoms with Crippen LogP contribution in [0, 0.1) is 5.92 Å². The third-order valence-corrected chi connectivity index (χ3v) is 3.26. The lowest BCUT2D eigenvalue weighted by Gasteiger charge is -2.10. The van der Waals surface area contributed by atoms with Crippen molar-refractivity contribution in [1.82, 2.24) is 5.32 Å². The molecule has 0 saturated heterocycles. The summed E-state index contributed by atoms with van der Waals surface area (Å²) in [6, 6.07) is 7.85. The van der Waals surface area contributed by atoms with Crippen molar-refractivity contribution in [2.75, 3.05) is 6.61 Å². The van der Waals surface area contributed by atoms with Crippen LogP contribution < -0.4 is 10.1 Å². The monoisotopic (exact) mass is 259 g/mol. The lowest BCUT2D eigenvalue weighted by Crippen LogP contribution is -2.24. The summed E-state index contributed by atoms with van der Waals surface area (Å²) in [5, 5.41) is 2.97. The average molecular weight is 259 g/mol. The van der Waals surface area contributed by atoms with Crippen LogP contribution >= 0.6 is 0 Å². The molecule has 3 heteroatoms. The highest BCUT2D eigenvalue weighted by Crippen LogP contribution is 2.20. The van der Waals surface area contributed by atoms with Crippen LogP contribution in [-0.4, -0.2) is 12.5 Å². The molecule has 102 valence electrons. The Balaban J connectivity index is 1.79. The largest absolute Gasteiger partial charge is 0.494 e. The van der Waals surface area contributed by atoms with Gasteiger partial charge in [-0.3, -0.25) is 4.79 Å². The number of hydrogen-bond donors (Lipinski definition) is 1. The molecule has 0 bridgehead atoms. The van der Waals surface area contributed by atoms with Gasteiger partial charge in [0.2, 0.25) is 5.91 Å². The van der Waals surface area contributed by atoms with E-state index in [-0.39, 0.29) is 5.91 Å². The van der Waals surface area contributed by atoms with Crippen LogP contribution in [0.2, 0.25) is 0 Å². The smallest absolute Gasteiger partial charge is 0.220 e. The Labute approximate surface area is 114 Å². The number of rotatable bonds is 6. The summed E-state index contributed by atoms with van der Waals surface area (Å²) < 4.78 is 5.44. The fourth-order valence-corrected chi connectivity index (χ4v) is 2.29. The predicted molar refractivity (Wildman–Crippen MR) is 75.9 cm³/mol. The number of allylic oxidation sites excluding steroid dienone is 2. The number of carbonyl (C=O) groups is 1. The molecule has 1 N–H and O–H groups in total. The zero-order chi connectivity index (χ0) is 13.5. The van der Waals surface area contributed by atoms with Gasteiger partial charge in [0.25, 0.3) is 0 Å². The van der Waals surface area contributed by atoms with Crippen LogP contribution in [0.15, 0.2) is 36.4 Å². The van der Waals surface area contributed by atoms with Gasteiger partial charge in [-0.2, -0.15) is 0 Å². The third kappa shape index (κ3) is 4.43. The van der Waals surface area contributed by atoms with Crippen molar-refractivity contribution in [2.24, 2.45) is 5.92 Å². The highest BCUT2D eigenvalue weighted by molar-refractivity contribution is 5.76.